The van der Waals surface area contributed by atoms with Gasteiger partial charge in [-0.15, -0.1) is 0 Å². The molecule has 3 nitrogen and oxygen atoms in total. The van der Waals surface area contributed by atoms with E-state index in [4.69, 9.17) is 4.42 Å². The highest BCUT2D eigenvalue weighted by atomic mass is 16.3. The molecule has 0 aliphatic carbocycles. The lowest BCUT2D eigenvalue weighted by molar-refractivity contribution is 0.201. The van der Waals surface area contributed by atoms with Crippen LogP contribution in [0.3, 0.4) is 0 Å². The summed E-state index contributed by atoms with van der Waals surface area (Å²) in [5.74, 6) is 0.493. The molecule has 1 heterocycles. The summed E-state index contributed by atoms with van der Waals surface area (Å²) in [6, 6.07) is 2.10. The van der Waals surface area contributed by atoms with Crippen LogP contribution in [0.25, 0.3) is 0 Å². The van der Waals surface area contributed by atoms with E-state index in [2.05, 4.69) is 19.2 Å². The van der Waals surface area contributed by atoms with Crippen LogP contribution in [0.15, 0.2) is 23.0 Å². The summed E-state index contributed by atoms with van der Waals surface area (Å²) < 4.78 is 4.96. The fourth-order valence-electron chi connectivity index (χ4n) is 1.37. The lowest BCUT2D eigenvalue weighted by atomic mass is 10.00. The molecule has 80 valence electrons. The van der Waals surface area contributed by atoms with E-state index in [1.54, 1.807) is 12.5 Å². The van der Waals surface area contributed by atoms with Gasteiger partial charge in [0.05, 0.1) is 19.1 Å². The molecule has 2 atom stereocenters. The van der Waals surface area contributed by atoms with Crippen molar-refractivity contribution in [3.05, 3.63) is 24.2 Å². The Morgan fingerprint density at radius 2 is 2.36 bits per heavy atom. The third kappa shape index (κ3) is 3.16. The molecule has 1 aromatic rings. The molecule has 0 saturated heterocycles. The van der Waals surface area contributed by atoms with E-state index in [9.17, 15) is 5.11 Å². The summed E-state index contributed by atoms with van der Waals surface area (Å²) in [5.41, 5.74) is 1.12. The largest absolute Gasteiger partial charge is 0.472 e. The van der Waals surface area contributed by atoms with E-state index >= 15 is 0 Å². The van der Waals surface area contributed by atoms with Gasteiger partial charge < -0.3 is 14.8 Å². The first-order valence-electron chi connectivity index (χ1n) is 5.13. The van der Waals surface area contributed by atoms with Crippen molar-refractivity contribution in [3.8, 4) is 0 Å². The van der Waals surface area contributed by atoms with Gasteiger partial charge in [-0.25, -0.2) is 0 Å². The maximum atomic E-state index is 9.17. The number of hydrogen-bond acceptors (Lipinski definition) is 3. The molecule has 0 aromatic carbocycles. The summed E-state index contributed by atoms with van der Waals surface area (Å²) in [6.45, 7) is 5.22. The van der Waals surface area contributed by atoms with E-state index in [0.29, 0.717) is 5.92 Å². The molecule has 1 rings (SSSR count). The van der Waals surface area contributed by atoms with Gasteiger partial charge in [0, 0.05) is 18.2 Å². The third-order valence-electron chi connectivity index (χ3n) is 2.68. The lowest BCUT2D eigenvalue weighted by Gasteiger charge is -2.21. The van der Waals surface area contributed by atoms with Crippen molar-refractivity contribution in [1.82, 2.24) is 5.32 Å². The molecule has 2 unspecified atom stereocenters. The Bertz CT molecular complexity index is 233. The van der Waals surface area contributed by atoms with Crippen molar-refractivity contribution in [2.45, 2.75) is 32.9 Å². The van der Waals surface area contributed by atoms with Gasteiger partial charge in [0.2, 0.25) is 0 Å². The highest BCUT2D eigenvalue weighted by Crippen LogP contribution is 2.08. The molecule has 0 aliphatic rings. The van der Waals surface area contributed by atoms with E-state index in [1.165, 1.54) is 0 Å². The fourth-order valence-corrected chi connectivity index (χ4v) is 1.37. The quantitative estimate of drug-likeness (QED) is 0.730. The average molecular weight is 197 g/mol. The van der Waals surface area contributed by atoms with Crippen LogP contribution in [0.4, 0.5) is 0 Å². The van der Waals surface area contributed by atoms with Crippen LogP contribution in [0.5, 0.6) is 0 Å². The zero-order valence-electron chi connectivity index (χ0n) is 8.86. The number of rotatable bonds is 6. The zero-order valence-corrected chi connectivity index (χ0v) is 8.86. The Hall–Kier alpha value is -0.800. The fraction of sp³-hybridized carbons (Fsp3) is 0.636. The van der Waals surface area contributed by atoms with Crippen LogP contribution in [0.2, 0.25) is 0 Å². The van der Waals surface area contributed by atoms with Crippen molar-refractivity contribution in [3.63, 3.8) is 0 Å². The molecule has 1 aromatic heterocycles. The number of furan rings is 1. The van der Waals surface area contributed by atoms with E-state index in [0.717, 1.165) is 18.5 Å². The second-order valence-electron chi connectivity index (χ2n) is 3.69. The van der Waals surface area contributed by atoms with E-state index in [-0.39, 0.29) is 12.6 Å². The Labute approximate surface area is 85.1 Å². The van der Waals surface area contributed by atoms with E-state index < -0.39 is 0 Å². The predicted molar refractivity (Wildman–Crippen MR) is 55.9 cm³/mol. The van der Waals surface area contributed by atoms with Crippen LogP contribution in [0.1, 0.15) is 25.8 Å². The minimum atomic E-state index is 0.176. The van der Waals surface area contributed by atoms with Crippen molar-refractivity contribution >= 4 is 0 Å². The number of nitrogens with one attached hydrogen (secondary N) is 1. The Kier molecular flexibility index (Phi) is 4.70. The van der Waals surface area contributed by atoms with Gasteiger partial charge in [0.1, 0.15) is 0 Å². The minimum Gasteiger partial charge on any atom is -0.472 e. The van der Waals surface area contributed by atoms with Gasteiger partial charge in [-0.2, -0.15) is 0 Å². The SMILES string of the molecule is CCC(C)C(CO)NCc1ccoc1. The summed E-state index contributed by atoms with van der Waals surface area (Å²) in [6.07, 6.45) is 4.45. The summed E-state index contributed by atoms with van der Waals surface area (Å²) >= 11 is 0. The van der Waals surface area contributed by atoms with Crippen molar-refractivity contribution < 1.29 is 9.52 Å². The maximum Gasteiger partial charge on any atom is 0.0947 e. The number of hydrogen-bond donors (Lipinski definition) is 2. The molecular formula is C11H19NO2. The van der Waals surface area contributed by atoms with Crippen molar-refractivity contribution in [1.29, 1.82) is 0 Å². The second-order valence-corrected chi connectivity index (χ2v) is 3.69. The summed E-state index contributed by atoms with van der Waals surface area (Å²) in [5, 5.41) is 12.5. The van der Waals surface area contributed by atoms with Gasteiger partial charge >= 0.3 is 0 Å². The molecule has 0 spiro atoms. The first-order chi connectivity index (χ1) is 6.77. The standard InChI is InChI=1S/C11H19NO2/c1-3-9(2)11(7-13)12-6-10-4-5-14-8-10/h4-5,8-9,11-13H,3,6-7H2,1-2H3. The lowest BCUT2D eigenvalue weighted by Crippen LogP contribution is -2.37. The van der Waals surface area contributed by atoms with Crippen LogP contribution in [-0.4, -0.2) is 17.8 Å². The molecule has 14 heavy (non-hydrogen) atoms. The molecule has 0 aliphatic heterocycles. The second kappa shape index (κ2) is 5.83. The minimum absolute atomic E-state index is 0.176. The predicted octanol–water partition coefficient (Wildman–Crippen LogP) is 1.78. The number of aliphatic hydroxyl groups excluding tert-OH is 1. The Morgan fingerprint density at radius 3 is 2.86 bits per heavy atom. The smallest absolute Gasteiger partial charge is 0.0947 e. The molecule has 0 radical (unpaired) electrons. The van der Waals surface area contributed by atoms with Crippen molar-refractivity contribution in [2.24, 2.45) is 5.92 Å². The van der Waals surface area contributed by atoms with Gasteiger partial charge in [-0.05, 0) is 12.0 Å². The topological polar surface area (TPSA) is 45.4 Å². The molecule has 0 saturated carbocycles. The van der Waals surface area contributed by atoms with Gasteiger partial charge in [0.15, 0.2) is 0 Å². The van der Waals surface area contributed by atoms with Crippen LogP contribution in [-0.2, 0) is 6.54 Å². The van der Waals surface area contributed by atoms with E-state index in [1.807, 2.05) is 6.07 Å². The Balaban J connectivity index is 2.34. The highest BCUT2D eigenvalue weighted by molar-refractivity contribution is 5.04. The monoisotopic (exact) mass is 197 g/mol. The normalized spacial score (nSPS) is 15.4. The average Bonchev–Trinajstić information content (AvgIpc) is 2.71. The molecule has 0 bridgehead atoms. The first-order valence-corrected chi connectivity index (χ1v) is 5.13. The van der Waals surface area contributed by atoms with Gasteiger partial charge in [0.25, 0.3) is 0 Å². The van der Waals surface area contributed by atoms with Crippen molar-refractivity contribution in [2.75, 3.05) is 6.61 Å². The molecular weight excluding hydrogens is 178 g/mol. The third-order valence-corrected chi connectivity index (χ3v) is 2.68. The molecule has 0 fully saturated rings. The van der Waals surface area contributed by atoms with Gasteiger partial charge in [-0.1, -0.05) is 20.3 Å². The highest BCUT2D eigenvalue weighted by Gasteiger charge is 2.13. The molecule has 0 amide bonds. The zero-order chi connectivity index (χ0) is 10.4. The summed E-state index contributed by atoms with van der Waals surface area (Å²) in [4.78, 5) is 0. The molecule has 3 heteroatoms. The Morgan fingerprint density at radius 1 is 1.57 bits per heavy atom. The van der Waals surface area contributed by atoms with Crippen LogP contribution in [0, 0.1) is 5.92 Å². The van der Waals surface area contributed by atoms with Crippen LogP contribution >= 0.6 is 0 Å². The molecule has 2 N–H and O–H groups in total. The summed E-state index contributed by atoms with van der Waals surface area (Å²) in [7, 11) is 0. The van der Waals surface area contributed by atoms with Crippen LogP contribution < -0.4 is 5.32 Å². The first kappa shape index (κ1) is 11.3. The number of aliphatic hydroxyl groups is 1. The maximum absolute atomic E-state index is 9.17. The van der Waals surface area contributed by atoms with Gasteiger partial charge in [-0.3, -0.25) is 0 Å².